The Kier molecular flexibility index (Phi) is 5.52. The maximum absolute atomic E-state index is 6.71. The Balaban J connectivity index is 1.59. The first kappa shape index (κ1) is 25.3. The van der Waals surface area contributed by atoms with Crippen LogP contribution in [0.15, 0.2) is 65.1 Å². The van der Waals surface area contributed by atoms with E-state index >= 15 is 0 Å². The van der Waals surface area contributed by atoms with Gasteiger partial charge in [-0.15, -0.1) is 0 Å². The number of furan rings is 1. The Bertz CT molecular complexity index is 1840. The summed E-state index contributed by atoms with van der Waals surface area (Å²) in [6.45, 7) is 15.3. The SMILES string of the molecule is Cc1ccc2c(oc3cc(-c4cc(C(C)(C)C)nc(C(C)(C)C)n4)ccc32)c1-c1n(C)c2ccccc2[n+]1C. The van der Waals surface area contributed by atoms with Gasteiger partial charge in [-0.2, -0.15) is 0 Å². The highest BCUT2D eigenvalue weighted by atomic mass is 16.3. The quantitative estimate of drug-likeness (QED) is 0.219. The van der Waals surface area contributed by atoms with Crippen molar-refractivity contribution in [3.63, 3.8) is 0 Å². The minimum atomic E-state index is -0.153. The molecule has 0 saturated heterocycles. The summed E-state index contributed by atoms with van der Waals surface area (Å²) in [6, 6.07) is 21.5. The number of aryl methyl sites for hydroxylation is 3. The van der Waals surface area contributed by atoms with E-state index in [1.807, 2.05) is 0 Å². The lowest BCUT2D eigenvalue weighted by atomic mass is 9.89. The Hall–Kier alpha value is -3.99. The van der Waals surface area contributed by atoms with Crippen LogP contribution < -0.4 is 4.57 Å². The second-order valence-corrected chi connectivity index (χ2v) is 12.8. The van der Waals surface area contributed by atoms with Crippen LogP contribution in [0.25, 0.3) is 55.6 Å². The molecule has 0 aliphatic rings. The van der Waals surface area contributed by atoms with E-state index in [9.17, 15) is 0 Å². The molecular weight excluding hydrogens is 480 g/mol. The van der Waals surface area contributed by atoms with Crippen molar-refractivity contribution in [3.05, 3.63) is 77.7 Å². The zero-order valence-electron chi connectivity index (χ0n) is 24.5. The molecule has 0 unspecified atom stereocenters. The molecule has 6 rings (SSSR count). The molecule has 0 spiro atoms. The Labute approximate surface area is 230 Å². The number of fused-ring (bicyclic) bond motifs is 4. The molecule has 5 heteroatoms. The van der Waals surface area contributed by atoms with Gasteiger partial charge < -0.3 is 4.42 Å². The predicted octanol–water partition coefficient (Wildman–Crippen LogP) is 7.93. The van der Waals surface area contributed by atoms with Crippen LogP contribution in [-0.4, -0.2) is 14.5 Å². The number of para-hydroxylation sites is 2. The molecule has 3 heterocycles. The number of aromatic nitrogens is 4. The molecule has 0 bridgehead atoms. The highest BCUT2D eigenvalue weighted by Crippen LogP contribution is 2.39. The van der Waals surface area contributed by atoms with Crippen LogP contribution in [0.1, 0.15) is 58.6 Å². The van der Waals surface area contributed by atoms with Crippen LogP contribution in [0.2, 0.25) is 0 Å². The van der Waals surface area contributed by atoms with E-state index in [4.69, 9.17) is 14.4 Å². The third-order valence-electron chi connectivity index (χ3n) is 7.77. The zero-order chi connectivity index (χ0) is 27.9. The van der Waals surface area contributed by atoms with Gasteiger partial charge in [-0.05, 0) is 42.8 Å². The molecular formula is C34H37N4O+. The van der Waals surface area contributed by atoms with E-state index in [2.05, 4.69) is 132 Å². The van der Waals surface area contributed by atoms with Crippen LogP contribution >= 0.6 is 0 Å². The van der Waals surface area contributed by atoms with Gasteiger partial charge >= 0.3 is 0 Å². The lowest BCUT2D eigenvalue weighted by molar-refractivity contribution is -0.634. The normalized spacial score (nSPS) is 12.7. The van der Waals surface area contributed by atoms with E-state index < -0.39 is 0 Å². The molecule has 3 aromatic heterocycles. The largest absolute Gasteiger partial charge is 0.455 e. The summed E-state index contributed by atoms with van der Waals surface area (Å²) in [6.07, 6.45) is 0. The zero-order valence-corrected chi connectivity index (χ0v) is 24.5. The van der Waals surface area contributed by atoms with Gasteiger partial charge in [0, 0.05) is 27.2 Å². The molecule has 0 aliphatic heterocycles. The number of imidazole rings is 1. The van der Waals surface area contributed by atoms with Gasteiger partial charge in [-0.3, -0.25) is 0 Å². The van der Waals surface area contributed by atoms with Crippen molar-refractivity contribution in [3.8, 4) is 22.6 Å². The monoisotopic (exact) mass is 517 g/mol. The lowest BCUT2D eigenvalue weighted by Crippen LogP contribution is -2.30. The van der Waals surface area contributed by atoms with E-state index in [0.29, 0.717) is 0 Å². The number of rotatable bonds is 2. The van der Waals surface area contributed by atoms with Crippen molar-refractivity contribution in [2.45, 2.75) is 59.3 Å². The third kappa shape index (κ3) is 4.03. The lowest BCUT2D eigenvalue weighted by Gasteiger charge is -2.23. The predicted molar refractivity (Wildman–Crippen MR) is 160 cm³/mol. The fourth-order valence-corrected chi connectivity index (χ4v) is 5.51. The van der Waals surface area contributed by atoms with Gasteiger partial charge in [0.2, 0.25) is 0 Å². The smallest absolute Gasteiger partial charge is 0.293 e. The second kappa shape index (κ2) is 8.51. The van der Waals surface area contributed by atoms with Crippen molar-refractivity contribution in [2.75, 3.05) is 0 Å². The Morgan fingerprint density at radius 3 is 2.23 bits per heavy atom. The minimum Gasteiger partial charge on any atom is -0.455 e. The first-order valence-corrected chi connectivity index (χ1v) is 13.6. The van der Waals surface area contributed by atoms with E-state index in [-0.39, 0.29) is 10.8 Å². The van der Waals surface area contributed by atoms with Gasteiger partial charge in [0.25, 0.3) is 5.82 Å². The van der Waals surface area contributed by atoms with Crippen molar-refractivity contribution in [2.24, 2.45) is 14.1 Å². The van der Waals surface area contributed by atoms with Crippen molar-refractivity contribution in [1.82, 2.24) is 14.5 Å². The topological polar surface area (TPSA) is 47.7 Å². The van der Waals surface area contributed by atoms with Crippen LogP contribution in [0.5, 0.6) is 0 Å². The average molecular weight is 518 g/mol. The first-order valence-electron chi connectivity index (χ1n) is 13.6. The molecule has 3 aromatic carbocycles. The van der Waals surface area contributed by atoms with Crippen molar-refractivity contribution >= 4 is 33.0 Å². The fraction of sp³-hybridized carbons (Fsp3) is 0.324. The van der Waals surface area contributed by atoms with Crippen LogP contribution in [0.3, 0.4) is 0 Å². The Morgan fingerprint density at radius 2 is 1.54 bits per heavy atom. The minimum absolute atomic E-state index is 0.0816. The van der Waals surface area contributed by atoms with Crippen molar-refractivity contribution < 1.29 is 8.98 Å². The molecule has 0 fully saturated rings. The molecule has 0 atom stereocenters. The molecule has 0 N–H and O–H groups in total. The maximum Gasteiger partial charge on any atom is 0.293 e. The summed E-state index contributed by atoms with van der Waals surface area (Å²) in [7, 11) is 4.26. The standard InChI is InChI=1S/C34H37N4O/c1-20-14-16-23-22-17-15-21(24-19-28(33(2,3)4)36-32(35-24)34(5,6)7)18-27(22)39-30(23)29(20)31-37(8)25-12-10-11-13-26(25)38(31)9/h10-19H,1-9H3/q+1. The van der Waals surface area contributed by atoms with E-state index in [1.54, 1.807) is 0 Å². The molecule has 0 saturated carbocycles. The van der Waals surface area contributed by atoms with E-state index in [0.717, 1.165) is 56.1 Å². The van der Waals surface area contributed by atoms with Gasteiger partial charge in [0.1, 0.15) is 17.0 Å². The van der Waals surface area contributed by atoms with Gasteiger partial charge in [-0.1, -0.05) is 71.9 Å². The molecule has 198 valence electrons. The molecule has 0 amide bonds. The summed E-state index contributed by atoms with van der Waals surface area (Å²) < 4.78 is 11.2. The van der Waals surface area contributed by atoms with Crippen LogP contribution in [0, 0.1) is 6.92 Å². The van der Waals surface area contributed by atoms with Gasteiger partial charge in [-0.25, -0.2) is 19.1 Å². The first-order chi connectivity index (χ1) is 18.3. The fourth-order valence-electron chi connectivity index (χ4n) is 5.51. The average Bonchev–Trinajstić information content (AvgIpc) is 3.37. The number of nitrogens with zero attached hydrogens (tertiary/aromatic N) is 4. The maximum atomic E-state index is 6.71. The summed E-state index contributed by atoms with van der Waals surface area (Å²) in [5, 5.41) is 2.23. The molecule has 0 aliphatic carbocycles. The number of hydrogen-bond donors (Lipinski definition) is 0. The van der Waals surface area contributed by atoms with Crippen molar-refractivity contribution in [1.29, 1.82) is 0 Å². The summed E-state index contributed by atoms with van der Waals surface area (Å²) in [5.41, 5.74) is 9.25. The van der Waals surface area contributed by atoms with Gasteiger partial charge in [0.05, 0.1) is 25.5 Å². The molecule has 6 aromatic rings. The second-order valence-electron chi connectivity index (χ2n) is 12.8. The number of hydrogen-bond acceptors (Lipinski definition) is 3. The highest BCUT2D eigenvalue weighted by molar-refractivity contribution is 6.10. The summed E-state index contributed by atoms with van der Waals surface area (Å²) >= 11 is 0. The van der Waals surface area contributed by atoms with E-state index in [1.165, 1.54) is 16.6 Å². The van der Waals surface area contributed by atoms with Crippen LogP contribution in [-0.2, 0) is 24.9 Å². The number of benzene rings is 3. The summed E-state index contributed by atoms with van der Waals surface area (Å²) in [5.74, 6) is 1.98. The van der Waals surface area contributed by atoms with Gasteiger partial charge in [0.15, 0.2) is 16.6 Å². The third-order valence-corrected chi connectivity index (χ3v) is 7.77. The van der Waals surface area contributed by atoms with Crippen LogP contribution in [0.4, 0.5) is 0 Å². The highest BCUT2D eigenvalue weighted by Gasteiger charge is 2.28. The molecule has 39 heavy (non-hydrogen) atoms. The Morgan fingerprint density at radius 1 is 0.821 bits per heavy atom. The molecule has 5 nitrogen and oxygen atoms in total. The summed E-state index contributed by atoms with van der Waals surface area (Å²) in [4.78, 5) is 9.97. The molecule has 0 radical (unpaired) electrons.